The summed E-state index contributed by atoms with van der Waals surface area (Å²) in [6.45, 7) is 2.35. The maximum absolute atomic E-state index is 9.69. The van der Waals surface area contributed by atoms with E-state index in [0.29, 0.717) is 31.2 Å². The highest BCUT2D eigenvalue weighted by atomic mass is 35.5. The number of anilines is 3. The molecule has 1 aliphatic heterocycles. The Balaban J connectivity index is 0.00000261. The predicted octanol–water partition coefficient (Wildman–Crippen LogP) is 0.713. The molecule has 5 N–H and O–H groups in total. The van der Waals surface area contributed by atoms with E-state index in [4.69, 9.17) is 14.9 Å². The summed E-state index contributed by atoms with van der Waals surface area (Å²) in [5, 5.41) is 34.4. The Bertz CT molecular complexity index is 762. The van der Waals surface area contributed by atoms with Gasteiger partial charge < -0.3 is 30.5 Å². The van der Waals surface area contributed by atoms with Crippen LogP contribution in [0, 0.1) is 6.92 Å². The number of hydrogen-bond donors (Lipinski definition) is 5. The molecule has 0 saturated carbocycles. The van der Waals surface area contributed by atoms with Crippen molar-refractivity contribution in [2.75, 3.05) is 23.8 Å². The molecular formula is C17H24BClN4O4. The minimum Gasteiger partial charge on any atom is -0.423 e. The van der Waals surface area contributed by atoms with Gasteiger partial charge in [0.25, 0.3) is 0 Å². The van der Waals surface area contributed by atoms with Gasteiger partial charge >= 0.3 is 7.12 Å². The van der Waals surface area contributed by atoms with Gasteiger partial charge in [0.05, 0.1) is 6.61 Å². The molecule has 0 aliphatic carbocycles. The van der Waals surface area contributed by atoms with Crippen LogP contribution in [0.4, 0.5) is 17.5 Å². The van der Waals surface area contributed by atoms with Crippen LogP contribution in [0.2, 0.25) is 0 Å². The van der Waals surface area contributed by atoms with Gasteiger partial charge in [0.1, 0.15) is 5.82 Å². The zero-order chi connectivity index (χ0) is 18.5. The fourth-order valence-corrected chi connectivity index (χ4v) is 2.88. The molecule has 0 bridgehead atoms. The van der Waals surface area contributed by atoms with Gasteiger partial charge in [0.2, 0.25) is 5.95 Å². The lowest BCUT2D eigenvalue weighted by atomic mass is 9.79. The van der Waals surface area contributed by atoms with Crippen LogP contribution in [0.5, 0.6) is 0 Å². The molecule has 0 radical (unpaired) electrons. The molecule has 2 heterocycles. The summed E-state index contributed by atoms with van der Waals surface area (Å²) in [5.41, 5.74) is 3.39. The summed E-state index contributed by atoms with van der Waals surface area (Å²) >= 11 is 0. The number of nitrogens with one attached hydrogen (secondary N) is 2. The van der Waals surface area contributed by atoms with Gasteiger partial charge in [-0.25, -0.2) is 4.98 Å². The van der Waals surface area contributed by atoms with Crippen LogP contribution >= 0.6 is 12.4 Å². The van der Waals surface area contributed by atoms with Gasteiger partial charge in [-0.15, -0.1) is 12.4 Å². The highest BCUT2D eigenvalue weighted by molar-refractivity contribution is 6.61. The average Bonchev–Trinajstić information content (AvgIpc) is 2.99. The molecule has 0 saturated heterocycles. The fraction of sp³-hybridized carbons (Fsp3) is 0.412. The Hall–Kier alpha value is -1.91. The van der Waals surface area contributed by atoms with Crippen LogP contribution in [0.3, 0.4) is 0 Å². The highest BCUT2D eigenvalue weighted by Gasteiger charge is 2.27. The molecule has 0 fully saturated rings. The Morgan fingerprint density at radius 2 is 2.00 bits per heavy atom. The van der Waals surface area contributed by atoms with E-state index in [0.717, 1.165) is 22.3 Å². The second kappa shape index (κ2) is 9.86. The summed E-state index contributed by atoms with van der Waals surface area (Å²) in [5.74, 6) is 1.10. The number of aliphatic hydroxyl groups excluding tert-OH is 2. The first-order chi connectivity index (χ1) is 12.6. The molecule has 0 unspecified atom stereocenters. The number of halogens is 1. The maximum Gasteiger partial charge on any atom is 0.491 e. The fourth-order valence-electron chi connectivity index (χ4n) is 2.88. The Morgan fingerprint density at radius 3 is 2.70 bits per heavy atom. The van der Waals surface area contributed by atoms with E-state index in [2.05, 4.69) is 20.6 Å². The van der Waals surface area contributed by atoms with Gasteiger partial charge in [0.15, 0.2) is 0 Å². The third-order valence-electron chi connectivity index (χ3n) is 4.33. The standard InChI is InChI=1S/C17H23BN4O4.ClH/c1-11-9-19-17(22-16(11)20-13(4-6-23)5-7-24)21-14-2-3-15-12(8-14)10-26-18(15)25;/h2-3,8-9,13,23-25H,4-7,10H2,1H3,(H2,19,20,21,22);1H. The predicted molar refractivity (Wildman–Crippen MR) is 107 cm³/mol. The monoisotopic (exact) mass is 394 g/mol. The van der Waals surface area contributed by atoms with E-state index in [1.54, 1.807) is 6.20 Å². The second-order valence-electron chi connectivity index (χ2n) is 6.29. The van der Waals surface area contributed by atoms with Crippen molar-refractivity contribution in [1.82, 2.24) is 9.97 Å². The average molecular weight is 395 g/mol. The number of hydrogen-bond acceptors (Lipinski definition) is 8. The number of aromatic nitrogens is 2. The van der Waals surface area contributed by atoms with Gasteiger partial charge in [-0.3, -0.25) is 0 Å². The molecule has 3 rings (SSSR count). The topological polar surface area (TPSA) is 120 Å². The summed E-state index contributed by atoms with van der Waals surface area (Å²) in [6, 6.07) is 5.50. The molecule has 1 aliphatic rings. The van der Waals surface area contributed by atoms with E-state index in [-0.39, 0.29) is 31.7 Å². The second-order valence-corrected chi connectivity index (χ2v) is 6.29. The molecule has 1 aromatic carbocycles. The molecule has 2 aromatic rings. The molecule has 0 spiro atoms. The minimum absolute atomic E-state index is 0. The SMILES string of the molecule is Cc1cnc(Nc2ccc3c(c2)COB3O)nc1NC(CCO)CCO.Cl. The zero-order valence-corrected chi connectivity index (χ0v) is 15.9. The van der Waals surface area contributed by atoms with Crippen molar-refractivity contribution in [3.63, 3.8) is 0 Å². The number of benzene rings is 1. The molecular weight excluding hydrogens is 370 g/mol. The number of rotatable bonds is 8. The van der Waals surface area contributed by atoms with Crippen LogP contribution in [0.1, 0.15) is 24.0 Å². The molecule has 0 amide bonds. The van der Waals surface area contributed by atoms with Crippen LogP contribution in [-0.2, 0) is 11.3 Å². The van der Waals surface area contributed by atoms with Gasteiger partial charge in [-0.2, -0.15) is 4.98 Å². The molecule has 146 valence electrons. The minimum atomic E-state index is -0.861. The molecule has 27 heavy (non-hydrogen) atoms. The third-order valence-corrected chi connectivity index (χ3v) is 4.33. The first-order valence-corrected chi connectivity index (χ1v) is 8.62. The summed E-state index contributed by atoms with van der Waals surface area (Å²) < 4.78 is 5.20. The van der Waals surface area contributed by atoms with E-state index in [1.807, 2.05) is 25.1 Å². The first-order valence-electron chi connectivity index (χ1n) is 8.62. The van der Waals surface area contributed by atoms with Crippen molar-refractivity contribution < 1.29 is 19.9 Å². The quantitative estimate of drug-likeness (QED) is 0.415. The van der Waals surface area contributed by atoms with Crippen molar-refractivity contribution >= 4 is 42.4 Å². The van der Waals surface area contributed by atoms with Crippen molar-refractivity contribution in [3.05, 3.63) is 35.5 Å². The van der Waals surface area contributed by atoms with Crippen molar-refractivity contribution in [3.8, 4) is 0 Å². The Kier molecular flexibility index (Phi) is 7.82. The van der Waals surface area contributed by atoms with Crippen LogP contribution in [-0.4, -0.2) is 51.6 Å². The van der Waals surface area contributed by atoms with Gasteiger partial charge in [0, 0.05) is 36.7 Å². The highest BCUT2D eigenvalue weighted by Crippen LogP contribution is 2.21. The summed E-state index contributed by atoms with van der Waals surface area (Å²) in [7, 11) is -0.861. The third kappa shape index (κ3) is 5.30. The first kappa shape index (κ1) is 21.4. The van der Waals surface area contributed by atoms with Gasteiger partial charge in [-0.1, -0.05) is 6.07 Å². The maximum atomic E-state index is 9.69. The molecule has 0 atom stereocenters. The molecule has 1 aromatic heterocycles. The molecule has 10 heteroatoms. The summed E-state index contributed by atoms with van der Waals surface area (Å²) in [4.78, 5) is 8.80. The zero-order valence-electron chi connectivity index (χ0n) is 15.1. The van der Waals surface area contributed by atoms with E-state index < -0.39 is 7.12 Å². The van der Waals surface area contributed by atoms with Crippen molar-refractivity contribution in [2.24, 2.45) is 0 Å². The lowest BCUT2D eigenvalue weighted by Gasteiger charge is -2.19. The van der Waals surface area contributed by atoms with E-state index in [1.165, 1.54) is 0 Å². The lowest BCUT2D eigenvalue weighted by Crippen LogP contribution is -2.27. The van der Waals surface area contributed by atoms with Crippen LogP contribution in [0.25, 0.3) is 0 Å². The lowest BCUT2D eigenvalue weighted by molar-refractivity contribution is 0.248. The number of aryl methyl sites for hydroxylation is 1. The van der Waals surface area contributed by atoms with Crippen molar-refractivity contribution in [1.29, 1.82) is 0 Å². The number of nitrogens with zero attached hydrogens (tertiary/aromatic N) is 2. The smallest absolute Gasteiger partial charge is 0.423 e. The number of aliphatic hydroxyl groups is 2. The molecule has 8 nitrogen and oxygen atoms in total. The van der Waals surface area contributed by atoms with Crippen LogP contribution in [0.15, 0.2) is 24.4 Å². The number of fused-ring (bicyclic) bond motifs is 1. The van der Waals surface area contributed by atoms with Gasteiger partial charge in [-0.05, 0) is 42.9 Å². The van der Waals surface area contributed by atoms with Crippen molar-refractivity contribution in [2.45, 2.75) is 32.4 Å². The Morgan fingerprint density at radius 1 is 1.26 bits per heavy atom. The van der Waals surface area contributed by atoms with E-state index >= 15 is 0 Å². The van der Waals surface area contributed by atoms with Crippen LogP contribution < -0.4 is 16.1 Å². The normalized spacial score (nSPS) is 12.7. The van der Waals surface area contributed by atoms with E-state index in [9.17, 15) is 5.02 Å². The Labute approximate surface area is 164 Å². The summed E-state index contributed by atoms with van der Waals surface area (Å²) in [6.07, 6.45) is 2.77. The largest absolute Gasteiger partial charge is 0.491 e.